The maximum Gasteiger partial charge on any atom is 0.118 e. The molecule has 0 saturated carbocycles. The van der Waals surface area contributed by atoms with Crippen LogP contribution in [0.2, 0.25) is 0 Å². The molecule has 0 spiro atoms. The third-order valence-corrected chi connectivity index (χ3v) is 3.30. The number of ether oxygens (including phenoxy) is 2. The van der Waals surface area contributed by atoms with Crippen LogP contribution in [-0.2, 0) is 0 Å². The molecular weight excluding hydrogens is 290 g/mol. The molecule has 5 heteroatoms. The number of hydrogen-bond acceptors (Lipinski definition) is 4. The predicted molar refractivity (Wildman–Crippen MR) is 85.1 cm³/mol. The van der Waals surface area contributed by atoms with Crippen molar-refractivity contribution in [1.29, 1.82) is 0 Å². The van der Waals surface area contributed by atoms with Crippen LogP contribution in [0.5, 0.6) is 11.5 Å². The average molecular weight is 310 g/mol. The SMILES string of the molecule is COc1ccc([C@@H](N)[C@@H](O)c2ccc(OC)cc2)cc1.Cl. The highest BCUT2D eigenvalue weighted by atomic mass is 35.5. The summed E-state index contributed by atoms with van der Waals surface area (Å²) in [4.78, 5) is 0. The minimum absolute atomic E-state index is 0. The molecule has 2 rings (SSSR count). The normalized spacial score (nSPS) is 13.0. The molecule has 0 saturated heterocycles. The standard InChI is InChI=1S/C16H19NO3.ClH/c1-19-13-7-3-11(4-8-13)15(17)16(18)12-5-9-14(20-2)10-6-12;/h3-10,15-16,18H,17H2,1-2H3;1H/t15-,16+;/m1./s1. The first-order valence-electron chi connectivity index (χ1n) is 6.37. The van der Waals surface area contributed by atoms with Crippen molar-refractivity contribution in [3.63, 3.8) is 0 Å². The number of aliphatic hydroxyl groups excluding tert-OH is 1. The van der Waals surface area contributed by atoms with Gasteiger partial charge in [0.2, 0.25) is 0 Å². The Labute approximate surface area is 130 Å². The van der Waals surface area contributed by atoms with Crippen LogP contribution < -0.4 is 15.2 Å². The molecule has 4 nitrogen and oxygen atoms in total. The molecule has 0 heterocycles. The Kier molecular flexibility index (Phi) is 6.49. The Bertz CT molecular complexity index is 491. The highest BCUT2D eigenvalue weighted by Crippen LogP contribution is 2.28. The molecular formula is C16H20ClNO3. The summed E-state index contributed by atoms with van der Waals surface area (Å²) < 4.78 is 10.2. The monoisotopic (exact) mass is 309 g/mol. The van der Waals surface area contributed by atoms with Gasteiger partial charge in [-0.15, -0.1) is 12.4 Å². The second-order valence-electron chi connectivity index (χ2n) is 4.52. The van der Waals surface area contributed by atoms with E-state index in [0.717, 1.165) is 22.6 Å². The highest BCUT2D eigenvalue weighted by Gasteiger charge is 2.18. The van der Waals surface area contributed by atoms with Crippen LogP contribution in [0.3, 0.4) is 0 Å². The van der Waals surface area contributed by atoms with Crippen LogP contribution in [0.4, 0.5) is 0 Å². The van der Waals surface area contributed by atoms with Gasteiger partial charge in [-0.3, -0.25) is 0 Å². The number of hydrogen-bond donors (Lipinski definition) is 2. The van der Waals surface area contributed by atoms with Gasteiger partial charge >= 0.3 is 0 Å². The summed E-state index contributed by atoms with van der Waals surface area (Å²) in [5.41, 5.74) is 7.72. The molecule has 21 heavy (non-hydrogen) atoms. The third kappa shape index (κ3) is 4.11. The molecule has 0 amide bonds. The molecule has 2 aromatic rings. The lowest BCUT2D eigenvalue weighted by Crippen LogP contribution is -2.19. The summed E-state index contributed by atoms with van der Waals surface area (Å²) in [6.45, 7) is 0. The molecule has 0 radical (unpaired) electrons. The van der Waals surface area contributed by atoms with E-state index in [-0.39, 0.29) is 12.4 Å². The topological polar surface area (TPSA) is 64.7 Å². The van der Waals surface area contributed by atoms with Crippen molar-refractivity contribution in [2.75, 3.05) is 14.2 Å². The first kappa shape index (κ1) is 17.3. The zero-order chi connectivity index (χ0) is 14.5. The minimum Gasteiger partial charge on any atom is -0.497 e. The van der Waals surface area contributed by atoms with Crippen LogP contribution in [0.15, 0.2) is 48.5 Å². The van der Waals surface area contributed by atoms with Crippen molar-refractivity contribution in [2.24, 2.45) is 5.73 Å². The predicted octanol–water partition coefficient (Wildman–Crippen LogP) is 2.86. The zero-order valence-electron chi connectivity index (χ0n) is 12.0. The van der Waals surface area contributed by atoms with E-state index in [4.69, 9.17) is 15.2 Å². The molecule has 114 valence electrons. The molecule has 0 bridgehead atoms. The summed E-state index contributed by atoms with van der Waals surface area (Å²) in [6.07, 6.45) is -0.769. The van der Waals surface area contributed by atoms with E-state index in [1.165, 1.54) is 0 Å². The molecule has 0 aliphatic carbocycles. The summed E-state index contributed by atoms with van der Waals surface area (Å²) in [5, 5.41) is 10.3. The van der Waals surface area contributed by atoms with Gasteiger partial charge in [-0.2, -0.15) is 0 Å². The molecule has 0 unspecified atom stereocenters. The molecule has 2 atom stereocenters. The number of benzene rings is 2. The van der Waals surface area contributed by atoms with E-state index in [1.54, 1.807) is 26.4 Å². The van der Waals surface area contributed by atoms with Gasteiger partial charge in [0.1, 0.15) is 11.5 Å². The van der Waals surface area contributed by atoms with E-state index in [0.29, 0.717) is 0 Å². The summed E-state index contributed by atoms with van der Waals surface area (Å²) in [7, 11) is 3.22. The van der Waals surface area contributed by atoms with Gasteiger partial charge in [0.25, 0.3) is 0 Å². The van der Waals surface area contributed by atoms with Gasteiger partial charge in [-0.05, 0) is 35.4 Å². The minimum atomic E-state index is -0.769. The fourth-order valence-electron chi connectivity index (χ4n) is 2.02. The number of rotatable bonds is 5. The molecule has 2 aromatic carbocycles. The van der Waals surface area contributed by atoms with E-state index >= 15 is 0 Å². The lowest BCUT2D eigenvalue weighted by atomic mass is 9.96. The summed E-state index contributed by atoms with van der Waals surface area (Å²) in [5.74, 6) is 1.51. The van der Waals surface area contributed by atoms with Crippen LogP contribution in [0.1, 0.15) is 23.3 Å². The Balaban J connectivity index is 0.00000220. The number of aliphatic hydroxyl groups is 1. The van der Waals surface area contributed by atoms with E-state index in [9.17, 15) is 5.11 Å². The largest absolute Gasteiger partial charge is 0.497 e. The van der Waals surface area contributed by atoms with Gasteiger partial charge in [0.05, 0.1) is 26.4 Å². The second kappa shape index (κ2) is 7.88. The lowest BCUT2D eigenvalue weighted by Gasteiger charge is -2.20. The maximum absolute atomic E-state index is 10.3. The second-order valence-corrected chi connectivity index (χ2v) is 4.52. The van der Waals surface area contributed by atoms with Crippen molar-refractivity contribution in [2.45, 2.75) is 12.1 Å². The Morgan fingerprint density at radius 3 is 1.57 bits per heavy atom. The van der Waals surface area contributed by atoms with Crippen molar-refractivity contribution >= 4 is 12.4 Å². The van der Waals surface area contributed by atoms with Crippen LogP contribution in [-0.4, -0.2) is 19.3 Å². The first-order valence-corrected chi connectivity index (χ1v) is 6.37. The Morgan fingerprint density at radius 2 is 1.19 bits per heavy atom. The quantitative estimate of drug-likeness (QED) is 0.891. The summed E-state index contributed by atoms with van der Waals surface area (Å²) in [6, 6.07) is 14.1. The third-order valence-electron chi connectivity index (χ3n) is 3.30. The number of nitrogens with two attached hydrogens (primary N) is 1. The van der Waals surface area contributed by atoms with Crippen LogP contribution >= 0.6 is 12.4 Å². The van der Waals surface area contributed by atoms with Gasteiger partial charge in [-0.25, -0.2) is 0 Å². The van der Waals surface area contributed by atoms with Gasteiger partial charge < -0.3 is 20.3 Å². The van der Waals surface area contributed by atoms with Crippen molar-refractivity contribution in [1.82, 2.24) is 0 Å². The van der Waals surface area contributed by atoms with E-state index < -0.39 is 12.1 Å². The van der Waals surface area contributed by atoms with Gasteiger partial charge in [-0.1, -0.05) is 24.3 Å². The summed E-state index contributed by atoms with van der Waals surface area (Å²) >= 11 is 0. The van der Waals surface area contributed by atoms with Crippen molar-refractivity contribution in [3.8, 4) is 11.5 Å². The van der Waals surface area contributed by atoms with Crippen molar-refractivity contribution in [3.05, 3.63) is 59.7 Å². The lowest BCUT2D eigenvalue weighted by molar-refractivity contribution is 0.147. The molecule has 0 aromatic heterocycles. The van der Waals surface area contributed by atoms with Gasteiger partial charge in [0, 0.05) is 0 Å². The fraction of sp³-hybridized carbons (Fsp3) is 0.250. The average Bonchev–Trinajstić information content (AvgIpc) is 2.53. The van der Waals surface area contributed by atoms with Crippen molar-refractivity contribution < 1.29 is 14.6 Å². The molecule has 0 fully saturated rings. The fourth-order valence-corrected chi connectivity index (χ4v) is 2.02. The number of methoxy groups -OCH3 is 2. The zero-order valence-corrected chi connectivity index (χ0v) is 12.8. The maximum atomic E-state index is 10.3. The van der Waals surface area contributed by atoms with E-state index in [2.05, 4.69) is 0 Å². The van der Waals surface area contributed by atoms with Gasteiger partial charge in [0.15, 0.2) is 0 Å². The van der Waals surface area contributed by atoms with Crippen LogP contribution in [0, 0.1) is 0 Å². The Hall–Kier alpha value is -1.75. The van der Waals surface area contributed by atoms with Crippen LogP contribution in [0.25, 0.3) is 0 Å². The molecule has 0 aliphatic heterocycles. The Morgan fingerprint density at radius 1 is 0.810 bits per heavy atom. The van der Waals surface area contributed by atoms with E-state index in [1.807, 2.05) is 36.4 Å². The highest BCUT2D eigenvalue weighted by molar-refractivity contribution is 5.85. The number of halogens is 1. The molecule has 3 N–H and O–H groups in total. The smallest absolute Gasteiger partial charge is 0.118 e. The molecule has 0 aliphatic rings. The first-order chi connectivity index (χ1) is 9.65.